The summed E-state index contributed by atoms with van der Waals surface area (Å²) < 4.78 is 28.8. The maximum Gasteiger partial charge on any atom is 0.189 e. The Morgan fingerprint density at radius 2 is 1.79 bits per heavy atom. The van der Waals surface area contributed by atoms with Crippen LogP contribution in [0.25, 0.3) is 28.1 Å². The predicted octanol–water partition coefficient (Wildman–Crippen LogP) is 7.32. The zero-order chi connectivity index (χ0) is 26.5. The van der Waals surface area contributed by atoms with E-state index in [1.165, 1.54) is 0 Å². The lowest BCUT2D eigenvalue weighted by Gasteiger charge is -2.29. The second-order valence-electron chi connectivity index (χ2n) is 9.53. The Hall–Kier alpha value is -3.58. The van der Waals surface area contributed by atoms with Crippen LogP contribution in [0.15, 0.2) is 72.9 Å². The van der Waals surface area contributed by atoms with Gasteiger partial charge in [0.05, 0.1) is 23.8 Å². The molecule has 6 nitrogen and oxygen atoms in total. The van der Waals surface area contributed by atoms with E-state index in [9.17, 15) is 0 Å². The van der Waals surface area contributed by atoms with Crippen molar-refractivity contribution in [2.75, 3.05) is 27.1 Å². The molecule has 1 aromatic heterocycles. The Balaban J connectivity index is 1.46. The molecule has 0 spiro atoms. The average Bonchev–Trinajstić information content (AvgIpc) is 2.92. The maximum absolute atomic E-state index is 6.97. The van der Waals surface area contributed by atoms with Gasteiger partial charge in [0.15, 0.2) is 6.79 Å². The van der Waals surface area contributed by atoms with Crippen LogP contribution < -0.4 is 14.2 Å². The first kappa shape index (κ1) is 26.0. The van der Waals surface area contributed by atoms with Crippen LogP contribution in [0.4, 0.5) is 0 Å². The Kier molecular flexibility index (Phi) is 7.84. The topological polar surface area (TPSA) is 59.0 Å². The molecule has 1 aliphatic heterocycles. The molecule has 7 heteroatoms. The van der Waals surface area contributed by atoms with Gasteiger partial charge in [-0.1, -0.05) is 48.0 Å². The molecule has 0 bridgehead atoms. The second kappa shape index (κ2) is 11.4. The summed E-state index contributed by atoms with van der Waals surface area (Å²) in [5.74, 6) is 2.06. The van der Waals surface area contributed by atoms with E-state index in [-0.39, 0.29) is 6.79 Å². The van der Waals surface area contributed by atoms with Crippen molar-refractivity contribution >= 4 is 28.6 Å². The molecule has 0 N–H and O–H groups in total. The first-order chi connectivity index (χ1) is 18.4. The molecule has 0 fully saturated rings. The monoisotopic (exact) mass is 531 g/mol. The maximum atomic E-state index is 6.97. The fourth-order valence-electron chi connectivity index (χ4n) is 4.20. The zero-order valence-corrected chi connectivity index (χ0v) is 22.5. The molecule has 4 aromatic rings. The van der Waals surface area contributed by atoms with E-state index >= 15 is 0 Å². The van der Waals surface area contributed by atoms with E-state index in [4.69, 9.17) is 40.3 Å². The van der Waals surface area contributed by atoms with Crippen LogP contribution in [0, 0.1) is 0 Å². The Morgan fingerprint density at radius 1 is 0.947 bits per heavy atom. The summed E-state index contributed by atoms with van der Waals surface area (Å²) >= 11 is 6.97. The number of fused-ring (bicyclic) bond motifs is 2. The summed E-state index contributed by atoms with van der Waals surface area (Å²) in [6, 6.07) is 19.7. The lowest BCUT2D eigenvalue weighted by atomic mass is 9.97. The number of benzene rings is 3. The zero-order valence-electron chi connectivity index (χ0n) is 21.7. The molecule has 38 heavy (non-hydrogen) atoms. The minimum atomic E-state index is -0.414. The van der Waals surface area contributed by atoms with Crippen LogP contribution in [-0.4, -0.2) is 37.7 Å². The Labute approximate surface area is 227 Å². The van der Waals surface area contributed by atoms with E-state index < -0.39 is 5.60 Å². The number of ether oxygens (including phenoxy) is 5. The van der Waals surface area contributed by atoms with Crippen LogP contribution >= 0.6 is 11.6 Å². The van der Waals surface area contributed by atoms with Gasteiger partial charge in [0.2, 0.25) is 0 Å². The smallest absolute Gasteiger partial charge is 0.189 e. The normalized spacial score (nSPS) is 13.7. The van der Waals surface area contributed by atoms with Gasteiger partial charge < -0.3 is 23.7 Å². The number of nitrogens with zero attached hydrogens (tertiary/aromatic N) is 1. The fourth-order valence-corrected chi connectivity index (χ4v) is 4.51. The molecule has 0 atom stereocenters. The quantitative estimate of drug-likeness (QED) is 0.158. The summed E-state index contributed by atoms with van der Waals surface area (Å²) in [6.45, 7) is 5.48. The molecule has 5 rings (SSSR count). The van der Waals surface area contributed by atoms with Gasteiger partial charge in [-0.2, -0.15) is 0 Å². The number of rotatable bonds is 10. The van der Waals surface area contributed by atoms with E-state index in [1.54, 1.807) is 13.3 Å². The van der Waals surface area contributed by atoms with Crippen molar-refractivity contribution in [1.82, 2.24) is 4.98 Å². The summed E-state index contributed by atoms with van der Waals surface area (Å²) in [7, 11) is 1.63. The van der Waals surface area contributed by atoms with Crippen molar-refractivity contribution in [2.24, 2.45) is 0 Å². The molecule has 0 amide bonds. The summed E-state index contributed by atoms with van der Waals surface area (Å²) in [6.07, 6.45) is 5.86. The van der Waals surface area contributed by atoms with Crippen molar-refractivity contribution in [3.05, 3.63) is 89.1 Å². The van der Waals surface area contributed by atoms with Gasteiger partial charge in [-0.25, -0.2) is 0 Å². The number of aromatic nitrogens is 1. The third-order valence-electron chi connectivity index (χ3n) is 6.19. The van der Waals surface area contributed by atoms with E-state index in [1.807, 2.05) is 80.6 Å². The highest BCUT2D eigenvalue weighted by Crippen LogP contribution is 2.44. The third kappa shape index (κ3) is 5.94. The lowest BCUT2D eigenvalue weighted by molar-refractivity contribution is -0.00837. The van der Waals surface area contributed by atoms with Crippen LogP contribution in [0.3, 0.4) is 0 Å². The highest BCUT2D eigenvalue weighted by atomic mass is 35.5. The first-order valence-electron chi connectivity index (χ1n) is 12.4. The number of hydrogen-bond acceptors (Lipinski definition) is 6. The first-order valence-corrected chi connectivity index (χ1v) is 12.8. The number of methoxy groups -OCH3 is 1. The van der Waals surface area contributed by atoms with Gasteiger partial charge in [0.25, 0.3) is 0 Å². The lowest BCUT2D eigenvalue weighted by Crippen LogP contribution is -2.27. The summed E-state index contributed by atoms with van der Waals surface area (Å²) in [5.41, 5.74) is 3.93. The van der Waals surface area contributed by atoms with Gasteiger partial charge in [-0.15, -0.1) is 0 Å². The van der Waals surface area contributed by atoms with Crippen LogP contribution in [0.1, 0.15) is 25.0 Å². The highest BCUT2D eigenvalue weighted by molar-refractivity contribution is 6.38. The molecule has 0 saturated heterocycles. The largest absolute Gasteiger partial charge is 0.489 e. The number of hydrogen-bond donors (Lipinski definition) is 0. The van der Waals surface area contributed by atoms with Gasteiger partial charge in [-0.05, 0) is 43.7 Å². The van der Waals surface area contributed by atoms with Gasteiger partial charge in [0, 0.05) is 47.5 Å². The van der Waals surface area contributed by atoms with Gasteiger partial charge >= 0.3 is 0 Å². The predicted molar refractivity (Wildman–Crippen MR) is 150 cm³/mol. The SMILES string of the molecule is COCCOCOc1cc2c(cc1-c1cnc3cc(OCc4ccccc4)ccc3c1Cl)C=CC(C)(C)O2. The molecule has 1 aliphatic rings. The van der Waals surface area contributed by atoms with Crippen molar-refractivity contribution in [3.63, 3.8) is 0 Å². The van der Waals surface area contributed by atoms with Crippen LogP contribution in [0.5, 0.6) is 17.2 Å². The van der Waals surface area contributed by atoms with E-state index in [2.05, 4.69) is 6.08 Å². The molecular formula is C31H30ClNO5. The van der Waals surface area contributed by atoms with Gasteiger partial charge in [0.1, 0.15) is 29.5 Å². The van der Waals surface area contributed by atoms with E-state index in [0.29, 0.717) is 30.6 Å². The molecule has 0 aliphatic carbocycles. The average molecular weight is 532 g/mol. The summed E-state index contributed by atoms with van der Waals surface area (Å²) in [5, 5.41) is 1.40. The number of halogens is 1. The standard InChI is InChI=1S/C31H30ClNO5/c1-31(2)12-11-22-15-25(29(17-28(22)38-31)37-20-35-14-13-34-3)26-18-33-27-16-23(9-10-24(27)30(26)32)36-19-21-7-5-4-6-8-21/h4-12,15-18H,13-14,19-20H2,1-3H3. The molecule has 2 heterocycles. The molecule has 3 aromatic carbocycles. The Bertz CT molecular complexity index is 1450. The molecule has 0 radical (unpaired) electrons. The molecule has 196 valence electrons. The van der Waals surface area contributed by atoms with Crippen molar-refractivity contribution in [2.45, 2.75) is 26.1 Å². The number of pyridine rings is 1. The van der Waals surface area contributed by atoms with E-state index in [0.717, 1.165) is 44.7 Å². The van der Waals surface area contributed by atoms with Crippen molar-refractivity contribution in [1.29, 1.82) is 0 Å². The molecule has 0 saturated carbocycles. The minimum absolute atomic E-state index is 0.0646. The van der Waals surface area contributed by atoms with Crippen molar-refractivity contribution in [3.8, 4) is 28.4 Å². The van der Waals surface area contributed by atoms with Crippen LogP contribution in [0.2, 0.25) is 5.02 Å². The highest BCUT2D eigenvalue weighted by Gasteiger charge is 2.25. The fraction of sp³-hybridized carbons (Fsp3) is 0.258. The third-order valence-corrected chi connectivity index (χ3v) is 6.60. The summed E-state index contributed by atoms with van der Waals surface area (Å²) in [4.78, 5) is 4.71. The molecular weight excluding hydrogens is 502 g/mol. The minimum Gasteiger partial charge on any atom is -0.489 e. The van der Waals surface area contributed by atoms with Crippen molar-refractivity contribution < 1.29 is 23.7 Å². The Morgan fingerprint density at radius 3 is 2.61 bits per heavy atom. The second-order valence-corrected chi connectivity index (χ2v) is 9.91. The molecule has 0 unspecified atom stereocenters. The van der Waals surface area contributed by atoms with Crippen LogP contribution in [-0.2, 0) is 16.1 Å². The van der Waals surface area contributed by atoms with Gasteiger partial charge in [-0.3, -0.25) is 4.98 Å².